The van der Waals surface area contributed by atoms with Crippen LogP contribution in [0.2, 0.25) is 0 Å². The van der Waals surface area contributed by atoms with Gasteiger partial charge in [0.2, 0.25) is 0 Å². The molecule has 0 fully saturated rings. The van der Waals surface area contributed by atoms with Gasteiger partial charge in [-0.3, -0.25) is 4.79 Å². The van der Waals surface area contributed by atoms with Crippen LogP contribution in [0, 0.1) is 0 Å². The zero-order valence-electron chi connectivity index (χ0n) is 20.3. The van der Waals surface area contributed by atoms with E-state index in [1.165, 1.54) is 0 Å². The Labute approximate surface area is 206 Å². The van der Waals surface area contributed by atoms with Crippen molar-refractivity contribution in [2.75, 3.05) is 25.1 Å². The summed E-state index contributed by atoms with van der Waals surface area (Å²) in [5.41, 5.74) is 4.00. The maximum Gasteiger partial charge on any atom is 0.338 e. The molecule has 6 heteroatoms. The molecule has 0 saturated carbocycles. The van der Waals surface area contributed by atoms with Gasteiger partial charge in [-0.2, -0.15) is 0 Å². The van der Waals surface area contributed by atoms with Gasteiger partial charge in [0, 0.05) is 24.5 Å². The van der Waals surface area contributed by atoms with Gasteiger partial charge in [0.05, 0.1) is 29.7 Å². The topological polar surface area (TPSA) is 73.9 Å². The van der Waals surface area contributed by atoms with Gasteiger partial charge >= 0.3 is 5.97 Å². The zero-order valence-corrected chi connectivity index (χ0v) is 20.3. The number of hydrogen-bond acceptors (Lipinski definition) is 6. The Bertz CT molecular complexity index is 1150. The molecular formula is C29H31NO5. The van der Waals surface area contributed by atoms with Crippen molar-refractivity contribution in [3.63, 3.8) is 0 Å². The van der Waals surface area contributed by atoms with Crippen molar-refractivity contribution in [3.05, 3.63) is 101 Å². The first-order valence-corrected chi connectivity index (χ1v) is 12.1. The molecule has 3 aromatic rings. The first-order valence-electron chi connectivity index (χ1n) is 12.1. The summed E-state index contributed by atoms with van der Waals surface area (Å²) in [6, 6.07) is 22.6. The molecule has 1 aliphatic rings. The number of ether oxygens (including phenoxy) is 3. The van der Waals surface area contributed by atoms with Crippen molar-refractivity contribution >= 4 is 17.4 Å². The number of benzene rings is 3. The maximum atomic E-state index is 14.1. The SMILES string of the molecule is CCOC(=O)c1cccc2c1C(=O)C(c1ccc(C(OCC)OCC)cc1)C(c1ccccc1)N2. The molecule has 0 radical (unpaired) electrons. The molecule has 2 atom stereocenters. The molecule has 0 spiro atoms. The lowest BCUT2D eigenvalue weighted by Gasteiger charge is -2.35. The van der Waals surface area contributed by atoms with Crippen LogP contribution in [0.5, 0.6) is 0 Å². The number of nitrogens with one attached hydrogen (secondary N) is 1. The van der Waals surface area contributed by atoms with E-state index in [0.29, 0.717) is 24.5 Å². The van der Waals surface area contributed by atoms with Crippen LogP contribution in [0.3, 0.4) is 0 Å². The average Bonchev–Trinajstić information content (AvgIpc) is 2.89. The third-order valence-corrected chi connectivity index (χ3v) is 6.10. The van der Waals surface area contributed by atoms with Crippen LogP contribution in [0.25, 0.3) is 0 Å². The van der Waals surface area contributed by atoms with E-state index in [9.17, 15) is 9.59 Å². The predicted octanol–water partition coefficient (Wildman–Crippen LogP) is 6.07. The van der Waals surface area contributed by atoms with E-state index in [-0.39, 0.29) is 24.0 Å². The summed E-state index contributed by atoms with van der Waals surface area (Å²) in [5.74, 6) is -1.15. The van der Waals surface area contributed by atoms with E-state index >= 15 is 0 Å². The first kappa shape index (κ1) is 24.6. The Morgan fingerprint density at radius 1 is 0.829 bits per heavy atom. The Hall–Kier alpha value is -3.48. The van der Waals surface area contributed by atoms with Gasteiger partial charge in [-0.15, -0.1) is 0 Å². The molecule has 0 bridgehead atoms. The van der Waals surface area contributed by atoms with Gasteiger partial charge in [-0.05, 0) is 44.0 Å². The molecular weight excluding hydrogens is 442 g/mol. The molecule has 1 aliphatic heterocycles. The van der Waals surface area contributed by atoms with Crippen LogP contribution in [-0.2, 0) is 14.2 Å². The molecule has 0 saturated heterocycles. The van der Waals surface area contributed by atoms with Gasteiger partial charge in [0.1, 0.15) is 0 Å². The number of Topliss-reactive ketones (excluding diaryl/α,β-unsaturated/α-hetero) is 1. The molecule has 182 valence electrons. The lowest BCUT2D eigenvalue weighted by Crippen LogP contribution is -2.33. The largest absolute Gasteiger partial charge is 0.462 e. The molecule has 35 heavy (non-hydrogen) atoms. The normalized spacial score (nSPS) is 17.1. The average molecular weight is 474 g/mol. The third kappa shape index (κ3) is 5.14. The van der Waals surface area contributed by atoms with Crippen molar-refractivity contribution in [3.8, 4) is 0 Å². The number of ketones is 1. The number of carbonyl (C=O) groups excluding carboxylic acids is 2. The Morgan fingerprint density at radius 2 is 1.51 bits per heavy atom. The minimum atomic E-state index is -0.535. The second-order valence-electron chi connectivity index (χ2n) is 8.23. The number of fused-ring (bicyclic) bond motifs is 1. The second-order valence-corrected chi connectivity index (χ2v) is 8.23. The van der Waals surface area contributed by atoms with Crippen LogP contribution in [-0.4, -0.2) is 31.6 Å². The van der Waals surface area contributed by atoms with Crippen LogP contribution in [0.1, 0.15) is 76.4 Å². The van der Waals surface area contributed by atoms with E-state index in [4.69, 9.17) is 14.2 Å². The highest BCUT2D eigenvalue weighted by molar-refractivity contribution is 6.14. The molecule has 6 nitrogen and oxygen atoms in total. The second kappa shape index (κ2) is 11.3. The standard InChI is InChI=1S/C29H31NO5/c1-4-33-28(32)22-13-10-14-23-25(22)27(31)24(26(30-23)20-11-8-7-9-12-20)19-15-17-21(18-16-19)29(34-5-2)35-6-3/h7-18,24,26,29-30H,4-6H2,1-3H3. The highest BCUT2D eigenvalue weighted by atomic mass is 16.7. The quantitative estimate of drug-likeness (QED) is 0.300. The molecule has 0 amide bonds. The summed E-state index contributed by atoms with van der Waals surface area (Å²) in [4.78, 5) is 26.7. The van der Waals surface area contributed by atoms with E-state index in [1.807, 2.05) is 74.5 Å². The molecule has 1 heterocycles. The summed E-state index contributed by atoms with van der Waals surface area (Å²) in [7, 11) is 0. The van der Waals surface area contributed by atoms with Crippen LogP contribution >= 0.6 is 0 Å². The predicted molar refractivity (Wildman–Crippen MR) is 135 cm³/mol. The highest BCUT2D eigenvalue weighted by Gasteiger charge is 2.39. The van der Waals surface area contributed by atoms with Crippen LogP contribution in [0.4, 0.5) is 5.69 Å². The number of esters is 1. The lowest BCUT2D eigenvalue weighted by molar-refractivity contribution is -0.140. The first-order chi connectivity index (χ1) is 17.1. The fourth-order valence-electron chi connectivity index (χ4n) is 4.56. The smallest absolute Gasteiger partial charge is 0.338 e. The number of anilines is 1. The maximum absolute atomic E-state index is 14.1. The van der Waals surface area contributed by atoms with Crippen molar-refractivity contribution in [1.82, 2.24) is 0 Å². The van der Waals surface area contributed by atoms with E-state index < -0.39 is 18.2 Å². The van der Waals surface area contributed by atoms with E-state index in [1.54, 1.807) is 19.1 Å². The van der Waals surface area contributed by atoms with Crippen molar-refractivity contribution in [2.45, 2.75) is 39.0 Å². The fourth-order valence-corrected chi connectivity index (χ4v) is 4.56. The van der Waals surface area contributed by atoms with E-state index in [0.717, 1.165) is 16.7 Å². The molecule has 3 aromatic carbocycles. The van der Waals surface area contributed by atoms with Crippen molar-refractivity contribution < 1.29 is 23.8 Å². The van der Waals surface area contributed by atoms with Gasteiger partial charge in [0.25, 0.3) is 0 Å². The fraction of sp³-hybridized carbons (Fsp3) is 0.310. The molecule has 0 aliphatic carbocycles. The Balaban J connectivity index is 1.78. The Morgan fingerprint density at radius 3 is 2.14 bits per heavy atom. The summed E-state index contributed by atoms with van der Waals surface area (Å²) in [5, 5.41) is 3.53. The molecule has 0 aromatic heterocycles. The van der Waals surface area contributed by atoms with Gasteiger partial charge < -0.3 is 19.5 Å². The summed E-state index contributed by atoms with van der Waals surface area (Å²) in [6.07, 6.45) is -0.458. The Kier molecular flexibility index (Phi) is 7.95. The summed E-state index contributed by atoms with van der Waals surface area (Å²) < 4.78 is 16.7. The van der Waals surface area contributed by atoms with Crippen molar-refractivity contribution in [2.24, 2.45) is 0 Å². The van der Waals surface area contributed by atoms with Crippen molar-refractivity contribution in [1.29, 1.82) is 0 Å². The zero-order chi connectivity index (χ0) is 24.8. The highest BCUT2D eigenvalue weighted by Crippen LogP contribution is 2.43. The minimum absolute atomic E-state index is 0.116. The van der Waals surface area contributed by atoms with Gasteiger partial charge in [-0.25, -0.2) is 4.79 Å². The molecule has 2 unspecified atom stereocenters. The number of hydrogen-bond donors (Lipinski definition) is 1. The number of carbonyl (C=O) groups is 2. The third-order valence-electron chi connectivity index (χ3n) is 6.10. The number of rotatable bonds is 9. The van der Waals surface area contributed by atoms with Gasteiger partial charge in [-0.1, -0.05) is 60.7 Å². The molecule has 4 rings (SSSR count). The summed E-state index contributed by atoms with van der Waals surface area (Å²) >= 11 is 0. The van der Waals surface area contributed by atoms with Crippen LogP contribution in [0.15, 0.2) is 72.8 Å². The summed E-state index contributed by atoms with van der Waals surface area (Å²) in [6.45, 7) is 6.90. The molecule has 1 N–H and O–H groups in total. The minimum Gasteiger partial charge on any atom is -0.462 e. The lowest BCUT2D eigenvalue weighted by atomic mass is 9.77. The van der Waals surface area contributed by atoms with E-state index in [2.05, 4.69) is 5.32 Å². The van der Waals surface area contributed by atoms with Gasteiger partial charge in [0.15, 0.2) is 12.1 Å². The van der Waals surface area contributed by atoms with Crippen LogP contribution < -0.4 is 5.32 Å². The monoisotopic (exact) mass is 473 g/mol.